The molecule has 2 atom stereocenters. The molecule has 0 radical (unpaired) electrons. The van der Waals surface area contributed by atoms with Crippen molar-refractivity contribution in [3.8, 4) is 11.1 Å². The number of carboxylic acids is 1. The summed E-state index contributed by atoms with van der Waals surface area (Å²) in [4.78, 5) is 38.1. The standard InChI is InChI=1S/C26H30N2O6/c29-14-13-28(15-24(30)31)25(32)21-11-5-6-12-23(21)27-26(33)34-16-22-19-9-3-1-7-17(19)18-8-2-4-10-20(18)22/h1-4,7-10,21-23,29H,5-6,11-16H2,(H,27,33)(H,30,31)/t21-,23+/m0/s1. The van der Waals surface area contributed by atoms with Gasteiger partial charge in [0.1, 0.15) is 13.2 Å². The van der Waals surface area contributed by atoms with Gasteiger partial charge in [-0.2, -0.15) is 0 Å². The van der Waals surface area contributed by atoms with E-state index in [2.05, 4.69) is 29.6 Å². The summed E-state index contributed by atoms with van der Waals surface area (Å²) in [6, 6.07) is 15.8. The lowest BCUT2D eigenvalue weighted by molar-refractivity contribution is -0.147. The fourth-order valence-electron chi connectivity index (χ4n) is 5.18. The second-order valence-corrected chi connectivity index (χ2v) is 8.84. The van der Waals surface area contributed by atoms with Gasteiger partial charge < -0.3 is 25.2 Å². The number of carboxylic acid groups (broad SMARTS) is 1. The van der Waals surface area contributed by atoms with E-state index < -0.39 is 30.6 Å². The Morgan fingerprint density at radius 1 is 0.971 bits per heavy atom. The van der Waals surface area contributed by atoms with Crippen molar-refractivity contribution in [3.63, 3.8) is 0 Å². The molecule has 3 N–H and O–H groups in total. The Labute approximate surface area is 198 Å². The topological polar surface area (TPSA) is 116 Å². The zero-order valence-corrected chi connectivity index (χ0v) is 19.0. The SMILES string of the molecule is O=C(O)CN(CCO)C(=O)[C@H]1CCCC[C@H]1NC(=O)OCC1c2ccccc2-c2ccccc21. The van der Waals surface area contributed by atoms with Crippen molar-refractivity contribution in [2.75, 3.05) is 26.3 Å². The lowest BCUT2D eigenvalue weighted by Gasteiger charge is -2.34. The molecular formula is C26H30N2O6. The Morgan fingerprint density at radius 2 is 1.59 bits per heavy atom. The molecule has 0 saturated heterocycles. The van der Waals surface area contributed by atoms with Gasteiger partial charge in [-0.1, -0.05) is 61.4 Å². The number of amides is 2. The molecule has 0 aromatic heterocycles. The molecule has 1 fully saturated rings. The van der Waals surface area contributed by atoms with Gasteiger partial charge in [-0.05, 0) is 35.1 Å². The van der Waals surface area contributed by atoms with Crippen LogP contribution in [0.1, 0.15) is 42.7 Å². The molecule has 1 saturated carbocycles. The number of ether oxygens (including phenoxy) is 1. The van der Waals surface area contributed by atoms with Crippen LogP contribution >= 0.6 is 0 Å². The number of nitrogens with one attached hydrogen (secondary N) is 1. The van der Waals surface area contributed by atoms with Crippen LogP contribution in [0.2, 0.25) is 0 Å². The molecule has 2 aromatic rings. The molecule has 34 heavy (non-hydrogen) atoms. The Hall–Kier alpha value is -3.39. The molecule has 0 spiro atoms. The summed E-state index contributed by atoms with van der Waals surface area (Å²) >= 11 is 0. The quantitative estimate of drug-likeness (QED) is 0.551. The van der Waals surface area contributed by atoms with E-state index in [4.69, 9.17) is 9.84 Å². The van der Waals surface area contributed by atoms with E-state index >= 15 is 0 Å². The lowest BCUT2D eigenvalue weighted by atomic mass is 9.83. The third-order valence-electron chi connectivity index (χ3n) is 6.74. The Kier molecular flexibility index (Phi) is 7.47. The van der Waals surface area contributed by atoms with Crippen LogP contribution in [0.4, 0.5) is 4.79 Å². The van der Waals surface area contributed by atoms with Crippen LogP contribution in [-0.2, 0) is 14.3 Å². The van der Waals surface area contributed by atoms with Gasteiger partial charge in [-0.25, -0.2) is 4.79 Å². The van der Waals surface area contributed by atoms with Crippen molar-refractivity contribution in [2.45, 2.75) is 37.6 Å². The zero-order chi connectivity index (χ0) is 24.1. The van der Waals surface area contributed by atoms with Crippen LogP contribution < -0.4 is 5.32 Å². The van der Waals surface area contributed by atoms with E-state index in [0.717, 1.165) is 40.0 Å². The first-order valence-electron chi connectivity index (χ1n) is 11.7. The average Bonchev–Trinajstić information content (AvgIpc) is 3.16. The van der Waals surface area contributed by atoms with Crippen LogP contribution in [0.5, 0.6) is 0 Å². The van der Waals surface area contributed by atoms with Crippen LogP contribution in [0.25, 0.3) is 11.1 Å². The van der Waals surface area contributed by atoms with Crippen LogP contribution in [0.3, 0.4) is 0 Å². The normalized spacial score (nSPS) is 19.1. The largest absolute Gasteiger partial charge is 0.480 e. The van der Waals surface area contributed by atoms with Gasteiger partial charge >= 0.3 is 12.1 Å². The fourth-order valence-corrected chi connectivity index (χ4v) is 5.18. The number of carbonyl (C=O) groups is 3. The molecule has 0 heterocycles. The summed E-state index contributed by atoms with van der Waals surface area (Å²) in [7, 11) is 0. The van der Waals surface area contributed by atoms with Crippen molar-refractivity contribution in [2.24, 2.45) is 5.92 Å². The average molecular weight is 467 g/mol. The van der Waals surface area contributed by atoms with Gasteiger partial charge in [-0.3, -0.25) is 9.59 Å². The fraction of sp³-hybridized carbons (Fsp3) is 0.423. The van der Waals surface area contributed by atoms with Crippen LogP contribution in [-0.4, -0.2) is 65.4 Å². The number of carbonyl (C=O) groups excluding carboxylic acids is 2. The van der Waals surface area contributed by atoms with Crippen molar-refractivity contribution in [1.82, 2.24) is 10.2 Å². The summed E-state index contributed by atoms with van der Waals surface area (Å²) in [6.07, 6.45) is 2.25. The number of rotatable bonds is 8. The number of aliphatic carboxylic acids is 1. The molecule has 8 heteroatoms. The highest BCUT2D eigenvalue weighted by Gasteiger charge is 2.36. The number of alkyl carbamates (subject to hydrolysis) is 1. The van der Waals surface area contributed by atoms with Crippen molar-refractivity contribution in [3.05, 3.63) is 59.7 Å². The highest BCUT2D eigenvalue weighted by Crippen LogP contribution is 2.44. The Balaban J connectivity index is 1.41. The smallest absolute Gasteiger partial charge is 0.407 e. The summed E-state index contributed by atoms with van der Waals surface area (Å²) in [5.74, 6) is -2.10. The van der Waals surface area contributed by atoms with Gasteiger partial charge in [0, 0.05) is 18.5 Å². The summed E-state index contributed by atoms with van der Waals surface area (Å²) < 4.78 is 5.63. The second kappa shape index (κ2) is 10.7. The van der Waals surface area contributed by atoms with E-state index in [1.54, 1.807) is 0 Å². The molecule has 2 aliphatic carbocycles. The predicted molar refractivity (Wildman–Crippen MR) is 125 cm³/mol. The molecule has 0 aliphatic heterocycles. The molecule has 4 rings (SSSR count). The van der Waals surface area contributed by atoms with Gasteiger partial charge in [0.15, 0.2) is 0 Å². The predicted octanol–water partition coefficient (Wildman–Crippen LogP) is 2.99. The summed E-state index contributed by atoms with van der Waals surface area (Å²) in [5.41, 5.74) is 4.53. The molecule has 2 aromatic carbocycles. The number of fused-ring (bicyclic) bond motifs is 3. The minimum atomic E-state index is -1.14. The van der Waals surface area contributed by atoms with Crippen LogP contribution in [0.15, 0.2) is 48.5 Å². The van der Waals surface area contributed by atoms with Crippen molar-refractivity contribution in [1.29, 1.82) is 0 Å². The molecule has 8 nitrogen and oxygen atoms in total. The minimum absolute atomic E-state index is 0.0563. The number of aliphatic hydroxyl groups is 1. The highest BCUT2D eigenvalue weighted by atomic mass is 16.5. The number of aliphatic hydroxyl groups excluding tert-OH is 1. The molecule has 180 valence electrons. The third-order valence-corrected chi connectivity index (χ3v) is 6.74. The van der Waals surface area contributed by atoms with Gasteiger partial charge in [0.2, 0.25) is 5.91 Å². The number of benzene rings is 2. The van der Waals surface area contributed by atoms with E-state index in [0.29, 0.717) is 12.8 Å². The first-order valence-corrected chi connectivity index (χ1v) is 11.7. The maximum atomic E-state index is 13.0. The lowest BCUT2D eigenvalue weighted by Crippen LogP contribution is -2.51. The number of hydrogen-bond acceptors (Lipinski definition) is 5. The maximum Gasteiger partial charge on any atom is 0.407 e. The van der Waals surface area contributed by atoms with Gasteiger partial charge in [-0.15, -0.1) is 0 Å². The molecule has 0 unspecified atom stereocenters. The number of nitrogens with zero attached hydrogens (tertiary/aromatic N) is 1. The van der Waals surface area contributed by atoms with Crippen LogP contribution in [0, 0.1) is 5.92 Å². The molecular weight excluding hydrogens is 436 g/mol. The summed E-state index contributed by atoms with van der Waals surface area (Å²) in [5, 5.41) is 21.2. The zero-order valence-electron chi connectivity index (χ0n) is 19.0. The minimum Gasteiger partial charge on any atom is -0.480 e. The molecule has 0 bridgehead atoms. The first-order chi connectivity index (χ1) is 16.5. The molecule has 2 amide bonds. The Morgan fingerprint density at radius 3 is 2.21 bits per heavy atom. The highest BCUT2D eigenvalue weighted by molar-refractivity contribution is 5.84. The summed E-state index contributed by atoms with van der Waals surface area (Å²) in [6.45, 7) is -0.677. The van der Waals surface area contributed by atoms with E-state index in [1.165, 1.54) is 0 Å². The maximum absolute atomic E-state index is 13.0. The second-order valence-electron chi connectivity index (χ2n) is 8.84. The van der Waals surface area contributed by atoms with Gasteiger partial charge in [0.05, 0.1) is 12.5 Å². The van der Waals surface area contributed by atoms with E-state index in [1.807, 2.05) is 24.3 Å². The van der Waals surface area contributed by atoms with E-state index in [-0.39, 0.29) is 31.6 Å². The van der Waals surface area contributed by atoms with E-state index in [9.17, 15) is 19.5 Å². The Bertz CT molecular complexity index is 1010. The van der Waals surface area contributed by atoms with Gasteiger partial charge in [0.25, 0.3) is 0 Å². The first kappa shape index (κ1) is 23.8. The monoisotopic (exact) mass is 466 g/mol. The molecule has 2 aliphatic rings. The number of hydrogen-bond donors (Lipinski definition) is 3. The third kappa shape index (κ3) is 5.07. The van der Waals surface area contributed by atoms with Crippen molar-refractivity contribution >= 4 is 18.0 Å². The van der Waals surface area contributed by atoms with Crippen molar-refractivity contribution < 1.29 is 29.3 Å².